The molecule has 1 fully saturated rings. The fraction of sp³-hybridized carbons (Fsp3) is 0.571. The van der Waals surface area contributed by atoms with Crippen LogP contribution in [0.2, 0.25) is 0 Å². The number of aromatic hydroxyl groups is 1. The molecule has 1 aliphatic rings. The maximum atomic E-state index is 14.6. The highest BCUT2D eigenvalue weighted by atomic mass is 32.1. The largest absolute Gasteiger partial charge is 0.508 e. The number of unbranched alkanes of at least 4 members (excludes halogenated alkanes) is 1. The predicted octanol–water partition coefficient (Wildman–Crippen LogP) is -10.5. The first-order valence-electron chi connectivity index (χ1n) is 34.3. The first-order valence-corrected chi connectivity index (χ1v) is 36.8. The summed E-state index contributed by atoms with van der Waals surface area (Å²) in [6, 6.07) is -14.2. The van der Waals surface area contributed by atoms with E-state index in [0.717, 1.165) is 4.90 Å². The minimum atomic E-state index is -1.83. The molecule has 2 aromatic rings. The Hall–Kier alpha value is -10.2. The number of rotatable bonds is 50. The van der Waals surface area contributed by atoms with E-state index >= 15 is 0 Å². The number of carboxylic acid groups (broad SMARTS) is 2. The highest BCUT2D eigenvalue weighted by molar-refractivity contribution is 7.80. The number of thiol groups is 4. The van der Waals surface area contributed by atoms with E-state index < -0.39 is 229 Å². The number of hydrogen-bond acceptors (Lipinski definition) is 27. The minimum absolute atomic E-state index is 0.0166. The van der Waals surface area contributed by atoms with Gasteiger partial charge in [0.2, 0.25) is 88.6 Å². The number of primary amides is 1. The number of nitrogens with one attached hydrogen (secondary N) is 14. The van der Waals surface area contributed by atoms with Crippen LogP contribution < -0.4 is 97.8 Å². The lowest BCUT2D eigenvalue weighted by Gasteiger charge is -2.30. The molecule has 0 spiro atoms. The number of imidazole rings is 1. The maximum absolute atomic E-state index is 14.6. The number of carbonyl (C=O) groups is 17. The summed E-state index contributed by atoms with van der Waals surface area (Å²) in [7, 11) is 0. The summed E-state index contributed by atoms with van der Waals surface area (Å²) in [6.07, 6.45) is 1.20. The van der Waals surface area contributed by atoms with Gasteiger partial charge in [-0.25, -0.2) is 4.98 Å². The van der Waals surface area contributed by atoms with E-state index in [1.807, 2.05) is 0 Å². The number of likely N-dealkylation sites (tertiary alicyclic amines) is 1. The number of guanidine groups is 1. The van der Waals surface area contributed by atoms with Crippen molar-refractivity contribution in [3.05, 3.63) is 48.0 Å². The van der Waals surface area contributed by atoms with Crippen LogP contribution in [0.3, 0.4) is 0 Å². The summed E-state index contributed by atoms with van der Waals surface area (Å²) in [6.45, 7) is -1.39. The first kappa shape index (κ1) is 94.0. The van der Waals surface area contributed by atoms with Crippen LogP contribution in [0.4, 0.5) is 0 Å². The van der Waals surface area contributed by atoms with Gasteiger partial charge in [-0.05, 0) is 82.5 Å². The van der Waals surface area contributed by atoms with Crippen molar-refractivity contribution in [2.45, 2.75) is 163 Å². The molecule has 43 nitrogen and oxygen atoms in total. The molecule has 0 bridgehead atoms. The fourth-order valence-corrected chi connectivity index (χ4v) is 11.4. The van der Waals surface area contributed by atoms with Gasteiger partial charge in [0.25, 0.3) is 0 Å². The van der Waals surface area contributed by atoms with Crippen LogP contribution in [-0.4, -0.2) is 283 Å². The Labute approximate surface area is 652 Å². The van der Waals surface area contributed by atoms with E-state index in [-0.39, 0.29) is 94.2 Å². The van der Waals surface area contributed by atoms with Crippen LogP contribution in [0.1, 0.15) is 82.4 Å². The quantitative estimate of drug-likeness (QED) is 0.0127. The van der Waals surface area contributed by atoms with E-state index in [4.69, 9.17) is 38.9 Å². The molecule has 15 amide bonds. The minimum Gasteiger partial charge on any atom is -0.508 e. The number of nitrogens with zero attached hydrogens (tertiary/aromatic N) is 3. The number of amides is 15. The number of aliphatic hydroxyl groups excluding tert-OH is 1. The number of aliphatic imine (C=N–C) groups is 1. The number of aromatic amines is 1. The molecule has 0 unspecified atom stereocenters. The van der Waals surface area contributed by atoms with Crippen molar-refractivity contribution >= 4 is 157 Å². The second-order valence-electron chi connectivity index (χ2n) is 24.9. The second-order valence-corrected chi connectivity index (χ2v) is 26.4. The molecule has 1 aromatic heterocycles. The van der Waals surface area contributed by atoms with Gasteiger partial charge in [-0.2, -0.15) is 50.5 Å². The summed E-state index contributed by atoms with van der Waals surface area (Å²) in [5.74, 6) is -19.4. The van der Waals surface area contributed by atoms with Crippen LogP contribution in [0.15, 0.2) is 41.8 Å². The fourth-order valence-electron chi connectivity index (χ4n) is 10.4. The summed E-state index contributed by atoms with van der Waals surface area (Å²) < 4.78 is 0. The number of nitrogens with two attached hydrogens (primary N) is 5. The number of aliphatic carboxylic acids is 2. The van der Waals surface area contributed by atoms with Gasteiger partial charge in [0, 0.05) is 67.3 Å². The molecule has 2 heterocycles. The Balaban J connectivity index is 1.78. The number of aromatic nitrogens is 2. The van der Waals surface area contributed by atoms with Gasteiger partial charge in [0.1, 0.15) is 84.8 Å². The molecular formula is C63H98N22O21S4. The molecular weight excluding hydrogens is 1530 g/mol. The topological polar surface area (TPSA) is 702 Å². The standard InChI is InChI=1S/C63H98N22O21S4/c1-30(74-61(105)45-8-5-17-85(45)62(106)39(20-46(66)88)79-59(103)44(28-110)84-60(104)42(26-108)82-51(95)34(65)13-14-48(90)91)50(94)81-41(25-107)53(97)71-22-47(89)75-36(7-4-16-70-63(67)68)54(98)78-38(19-32-21-69-29-73-32)56(100)77-37(18-31-9-11-33(87)12-10-31)55(99)80-40(24-86)57(101)83-43(27-109)58(102)76-35(6-2-3-15-64)52(96)72-23-49(92)93/h9-12,21,29-30,34-45,86-87,107-110H,2-8,13-20,22-28,64-65H2,1H3,(H2,66,88)(H,69,73)(H,71,97)(H,72,96)(H,74,105)(H,75,89)(H,76,102)(H,77,100)(H,78,98)(H,79,103)(H,80,99)(H,81,94)(H,82,95)(H,83,101)(H,84,104)(H,90,91)(H,92,93)(H4,67,68,70)/t30-,34-,35-,36-,37-,38-,39-,40-,41-,42-,43-,44-,45-/m0/s1. The van der Waals surface area contributed by atoms with E-state index in [1.54, 1.807) is 0 Å². The third-order valence-corrected chi connectivity index (χ3v) is 17.8. The van der Waals surface area contributed by atoms with Crippen molar-refractivity contribution in [2.24, 2.45) is 33.7 Å². The summed E-state index contributed by atoms with van der Waals surface area (Å²) in [5.41, 5.74) is 28.4. The summed E-state index contributed by atoms with van der Waals surface area (Å²) in [5, 5.41) is 69.5. The Bertz CT molecular complexity index is 3550. The number of phenols is 1. The molecule has 47 heteroatoms. The van der Waals surface area contributed by atoms with Crippen molar-refractivity contribution in [2.75, 3.05) is 62.3 Å². The highest BCUT2D eigenvalue weighted by Gasteiger charge is 2.41. The van der Waals surface area contributed by atoms with Crippen molar-refractivity contribution in [1.82, 2.24) is 84.0 Å². The number of carboxylic acids is 2. The molecule has 1 aliphatic heterocycles. The molecule has 3 rings (SSSR count). The molecule has 0 radical (unpaired) electrons. The lowest BCUT2D eigenvalue weighted by molar-refractivity contribution is -0.143. The Morgan fingerprint density at radius 3 is 1.56 bits per heavy atom. The van der Waals surface area contributed by atoms with E-state index in [9.17, 15) is 91.7 Å². The number of H-pyrrole nitrogens is 1. The van der Waals surface area contributed by atoms with E-state index in [1.165, 1.54) is 43.7 Å². The Kier molecular flexibility index (Phi) is 41.9. The monoisotopic (exact) mass is 1630 g/mol. The lowest BCUT2D eigenvalue weighted by Crippen LogP contribution is -2.61. The smallest absolute Gasteiger partial charge is 0.322 e. The molecule has 28 N–H and O–H groups in total. The van der Waals surface area contributed by atoms with Crippen molar-refractivity contribution in [3.63, 3.8) is 0 Å². The van der Waals surface area contributed by atoms with Crippen LogP contribution in [-0.2, 0) is 94.3 Å². The molecule has 1 saturated heterocycles. The van der Waals surface area contributed by atoms with Gasteiger partial charge in [-0.1, -0.05) is 12.1 Å². The zero-order valence-corrected chi connectivity index (χ0v) is 63.4. The lowest BCUT2D eigenvalue weighted by atomic mass is 10.0. The number of aliphatic hydroxyl groups is 1. The van der Waals surface area contributed by atoms with Gasteiger partial charge in [0.05, 0.1) is 31.9 Å². The third kappa shape index (κ3) is 33.3. The molecule has 610 valence electrons. The number of carbonyl (C=O) groups excluding carboxylic acids is 15. The molecule has 0 saturated carbocycles. The normalized spacial score (nSPS) is 15.6. The average Bonchev–Trinajstić information content (AvgIpc) is 1.63. The van der Waals surface area contributed by atoms with Gasteiger partial charge < -0.3 is 128 Å². The second kappa shape index (κ2) is 49.0. The number of hydrogen-bond donors (Lipinski definition) is 27. The highest BCUT2D eigenvalue weighted by Crippen LogP contribution is 2.21. The van der Waals surface area contributed by atoms with E-state index in [2.05, 4.69) is 135 Å². The first-order chi connectivity index (χ1) is 52.1. The van der Waals surface area contributed by atoms with Gasteiger partial charge in [0.15, 0.2) is 5.96 Å². The van der Waals surface area contributed by atoms with Gasteiger partial charge in [-0.3, -0.25) is 86.5 Å². The van der Waals surface area contributed by atoms with Crippen LogP contribution in [0.25, 0.3) is 0 Å². The SMILES string of the molecule is C[C@H](NC(=O)[C@@H]1CCCN1C(=O)[C@H](CC(N)=O)NC(=O)[C@H](CS)NC(=O)[C@H](CS)NC(=O)[C@@H](N)CCC(=O)O)C(=O)N[C@@H](CS)C(=O)NCC(=O)N[C@@H](CCCN=C(N)N)C(=O)N[C@@H](Cc1cnc[nH]1)C(=O)N[C@@H](Cc1ccc(O)cc1)C(=O)N[C@@H](CO)C(=O)N[C@@H](CS)C(=O)N[C@@H](CCCCN)C(=O)NCC(=O)O. The van der Waals surface area contributed by atoms with Gasteiger partial charge in [-0.15, -0.1) is 0 Å². The average molecular weight is 1630 g/mol. The third-order valence-electron chi connectivity index (χ3n) is 16.3. The number of benzene rings is 1. The predicted molar refractivity (Wildman–Crippen MR) is 403 cm³/mol. The van der Waals surface area contributed by atoms with Crippen molar-refractivity contribution < 1.29 is 102 Å². The molecule has 110 heavy (non-hydrogen) atoms. The summed E-state index contributed by atoms with van der Waals surface area (Å²) >= 11 is 16.5. The number of phenolic OH excluding ortho intramolecular Hbond substituents is 1. The Morgan fingerprint density at radius 1 is 0.564 bits per heavy atom. The van der Waals surface area contributed by atoms with Crippen LogP contribution in [0, 0.1) is 0 Å². The zero-order chi connectivity index (χ0) is 82.3. The van der Waals surface area contributed by atoms with E-state index in [0.29, 0.717) is 18.4 Å². The molecule has 13 atom stereocenters. The van der Waals surface area contributed by atoms with Crippen LogP contribution in [0.5, 0.6) is 5.75 Å². The molecule has 0 aliphatic carbocycles. The van der Waals surface area contributed by atoms with Crippen LogP contribution >= 0.6 is 50.5 Å². The molecule has 1 aromatic carbocycles. The van der Waals surface area contributed by atoms with Gasteiger partial charge >= 0.3 is 11.9 Å². The van der Waals surface area contributed by atoms with Crippen molar-refractivity contribution in [1.29, 1.82) is 0 Å². The Morgan fingerprint density at radius 2 is 1.04 bits per heavy atom. The zero-order valence-electron chi connectivity index (χ0n) is 59.8. The van der Waals surface area contributed by atoms with Crippen molar-refractivity contribution in [3.8, 4) is 5.75 Å². The summed E-state index contributed by atoms with van der Waals surface area (Å²) in [4.78, 5) is 238. The maximum Gasteiger partial charge on any atom is 0.322 e.